The summed E-state index contributed by atoms with van der Waals surface area (Å²) in [6, 6.07) is 14.9. The third-order valence-electron chi connectivity index (χ3n) is 5.17. The van der Waals surface area contributed by atoms with Gasteiger partial charge < -0.3 is 18.9 Å². The molecule has 0 unspecified atom stereocenters. The zero-order chi connectivity index (χ0) is 22.9. The number of nitrogens with zero attached hydrogens (tertiary/aromatic N) is 1. The van der Waals surface area contributed by atoms with Gasteiger partial charge in [-0.05, 0) is 35.9 Å². The molecule has 0 fully saturated rings. The van der Waals surface area contributed by atoms with Gasteiger partial charge in [0.1, 0.15) is 23.9 Å². The summed E-state index contributed by atoms with van der Waals surface area (Å²) in [5.74, 6) is 1.45. The van der Waals surface area contributed by atoms with Crippen LogP contribution in [-0.2, 0) is 18.0 Å². The van der Waals surface area contributed by atoms with Crippen LogP contribution in [0.5, 0.6) is 17.2 Å². The number of ether oxygens (including phenoxy) is 4. The lowest BCUT2D eigenvalue weighted by atomic mass is 10.1. The number of non-ortho nitro benzene ring substituents is 1. The van der Waals surface area contributed by atoms with Crippen LogP contribution in [0.3, 0.4) is 0 Å². The Bertz CT molecular complexity index is 1320. The number of fused-ring (bicyclic) bond motifs is 2. The number of ketones is 1. The van der Waals surface area contributed by atoms with E-state index in [4.69, 9.17) is 18.9 Å². The van der Waals surface area contributed by atoms with Crippen LogP contribution in [0.2, 0.25) is 0 Å². The molecule has 2 aliphatic heterocycles. The van der Waals surface area contributed by atoms with Gasteiger partial charge in [-0.25, -0.2) is 0 Å². The van der Waals surface area contributed by atoms with Crippen LogP contribution >= 0.6 is 15.9 Å². The topological polar surface area (TPSA) is 97.1 Å². The predicted molar refractivity (Wildman–Crippen MR) is 121 cm³/mol. The summed E-state index contributed by atoms with van der Waals surface area (Å²) < 4.78 is 23.5. The summed E-state index contributed by atoms with van der Waals surface area (Å²) in [4.78, 5) is 23.2. The third kappa shape index (κ3) is 4.33. The zero-order valence-electron chi connectivity index (χ0n) is 17.1. The number of benzene rings is 3. The van der Waals surface area contributed by atoms with E-state index in [-0.39, 0.29) is 30.6 Å². The number of Topliss-reactive ketones (excluding diaryl/α,β-unsaturated/α-hetero) is 1. The molecule has 0 amide bonds. The van der Waals surface area contributed by atoms with E-state index in [1.54, 1.807) is 30.3 Å². The standard InChI is InChI=1S/C24H16BrNO7/c25-17-8-15-11-30-13-32-24(15)16(9-17)12-31-19-4-5-20-21(10-19)33-22(23(20)27)7-14-2-1-3-18(6-14)26(28)29/h1-10H,11-13H2/b22-7-. The van der Waals surface area contributed by atoms with Crippen molar-refractivity contribution in [2.75, 3.05) is 6.79 Å². The molecule has 0 bridgehead atoms. The fraction of sp³-hybridized carbons (Fsp3) is 0.125. The third-order valence-corrected chi connectivity index (χ3v) is 5.62. The normalized spacial score (nSPS) is 15.4. The lowest BCUT2D eigenvalue weighted by Crippen LogP contribution is -2.14. The minimum absolute atomic E-state index is 0.0618. The maximum absolute atomic E-state index is 12.7. The highest BCUT2D eigenvalue weighted by atomic mass is 79.9. The molecule has 0 radical (unpaired) electrons. The predicted octanol–water partition coefficient (Wildman–Crippen LogP) is 5.42. The van der Waals surface area contributed by atoms with Crippen LogP contribution in [-0.4, -0.2) is 17.5 Å². The number of rotatable bonds is 5. The Morgan fingerprint density at radius 3 is 2.88 bits per heavy atom. The fourth-order valence-electron chi connectivity index (χ4n) is 3.66. The van der Waals surface area contributed by atoms with E-state index in [9.17, 15) is 14.9 Å². The summed E-state index contributed by atoms with van der Waals surface area (Å²) in [5.41, 5.74) is 2.65. The van der Waals surface area contributed by atoms with Gasteiger partial charge >= 0.3 is 0 Å². The Balaban J connectivity index is 1.35. The van der Waals surface area contributed by atoms with E-state index in [1.165, 1.54) is 18.2 Å². The van der Waals surface area contributed by atoms with Crippen LogP contribution in [0, 0.1) is 10.1 Å². The summed E-state index contributed by atoms with van der Waals surface area (Å²) >= 11 is 3.49. The molecule has 2 aliphatic rings. The monoisotopic (exact) mass is 509 g/mol. The van der Waals surface area contributed by atoms with E-state index < -0.39 is 4.92 Å². The van der Waals surface area contributed by atoms with Gasteiger partial charge in [-0.2, -0.15) is 0 Å². The van der Waals surface area contributed by atoms with Crippen molar-refractivity contribution >= 4 is 33.5 Å². The first-order valence-electron chi connectivity index (χ1n) is 9.95. The van der Waals surface area contributed by atoms with E-state index >= 15 is 0 Å². The van der Waals surface area contributed by atoms with E-state index in [0.29, 0.717) is 29.2 Å². The van der Waals surface area contributed by atoms with Crippen molar-refractivity contribution in [3.05, 3.63) is 97.2 Å². The highest BCUT2D eigenvalue weighted by Gasteiger charge is 2.28. The average molecular weight is 510 g/mol. The Morgan fingerprint density at radius 2 is 2.03 bits per heavy atom. The SMILES string of the molecule is O=C1/C(=C/c2cccc([N+](=O)[O-])c2)Oc2cc(OCc3cc(Br)cc4c3OCOC4)ccc21. The molecule has 0 saturated carbocycles. The van der Waals surface area contributed by atoms with Crippen molar-refractivity contribution in [1.29, 1.82) is 0 Å². The molecule has 2 heterocycles. The lowest BCUT2D eigenvalue weighted by molar-refractivity contribution is -0.384. The molecular formula is C24H16BrNO7. The molecule has 0 N–H and O–H groups in total. The van der Waals surface area contributed by atoms with E-state index in [1.807, 2.05) is 12.1 Å². The van der Waals surface area contributed by atoms with Crippen molar-refractivity contribution in [2.24, 2.45) is 0 Å². The number of hydrogen-bond donors (Lipinski definition) is 0. The molecule has 3 aromatic rings. The molecule has 0 spiro atoms. The van der Waals surface area contributed by atoms with Crippen LogP contribution in [0.4, 0.5) is 5.69 Å². The molecule has 3 aromatic carbocycles. The number of allylic oxidation sites excluding steroid dienone is 1. The number of nitro groups is 1. The second-order valence-electron chi connectivity index (χ2n) is 7.40. The van der Waals surface area contributed by atoms with Crippen LogP contribution in [0.15, 0.2) is 64.8 Å². The van der Waals surface area contributed by atoms with Gasteiger partial charge in [-0.1, -0.05) is 28.1 Å². The number of nitro benzene ring substituents is 1. The minimum atomic E-state index is -0.488. The summed E-state index contributed by atoms with van der Waals surface area (Å²) in [6.45, 7) is 0.914. The van der Waals surface area contributed by atoms with Gasteiger partial charge in [0.15, 0.2) is 12.6 Å². The summed E-state index contributed by atoms with van der Waals surface area (Å²) in [7, 11) is 0. The largest absolute Gasteiger partial charge is 0.489 e. The molecular weight excluding hydrogens is 494 g/mol. The van der Waals surface area contributed by atoms with Crippen LogP contribution in [0.1, 0.15) is 27.0 Å². The maximum Gasteiger partial charge on any atom is 0.270 e. The lowest BCUT2D eigenvalue weighted by Gasteiger charge is -2.21. The highest BCUT2D eigenvalue weighted by Crippen LogP contribution is 2.36. The first-order chi connectivity index (χ1) is 16.0. The quantitative estimate of drug-likeness (QED) is 0.257. The molecule has 5 rings (SSSR count). The molecule has 8 nitrogen and oxygen atoms in total. The van der Waals surface area contributed by atoms with Gasteiger partial charge in [0.25, 0.3) is 5.69 Å². The van der Waals surface area contributed by atoms with Crippen molar-refractivity contribution < 1.29 is 28.7 Å². The number of halogens is 1. The molecule has 0 aliphatic carbocycles. The second-order valence-corrected chi connectivity index (χ2v) is 8.32. The Kier molecular flexibility index (Phi) is 5.57. The first kappa shape index (κ1) is 21.2. The number of hydrogen-bond acceptors (Lipinski definition) is 7. The molecule has 9 heteroatoms. The minimum Gasteiger partial charge on any atom is -0.489 e. The van der Waals surface area contributed by atoms with Crippen molar-refractivity contribution in [3.8, 4) is 17.2 Å². The van der Waals surface area contributed by atoms with Crippen LogP contribution in [0.25, 0.3) is 6.08 Å². The van der Waals surface area contributed by atoms with Gasteiger partial charge in [-0.15, -0.1) is 0 Å². The van der Waals surface area contributed by atoms with Crippen molar-refractivity contribution in [1.82, 2.24) is 0 Å². The fourth-order valence-corrected chi connectivity index (χ4v) is 4.21. The molecule has 0 atom stereocenters. The maximum atomic E-state index is 12.7. The Labute approximate surface area is 196 Å². The van der Waals surface area contributed by atoms with Gasteiger partial charge in [-0.3, -0.25) is 14.9 Å². The Morgan fingerprint density at radius 1 is 1.15 bits per heavy atom. The second kappa shape index (κ2) is 8.68. The number of carbonyl (C=O) groups is 1. The van der Waals surface area contributed by atoms with Gasteiger partial charge in [0.05, 0.1) is 17.1 Å². The van der Waals surface area contributed by atoms with Crippen molar-refractivity contribution in [3.63, 3.8) is 0 Å². The van der Waals surface area contributed by atoms with Crippen LogP contribution < -0.4 is 14.2 Å². The Hall–Kier alpha value is -3.69. The molecule has 33 heavy (non-hydrogen) atoms. The van der Waals surface area contributed by atoms with E-state index in [0.717, 1.165) is 21.3 Å². The highest BCUT2D eigenvalue weighted by molar-refractivity contribution is 9.10. The smallest absolute Gasteiger partial charge is 0.270 e. The average Bonchev–Trinajstić information content (AvgIpc) is 3.12. The van der Waals surface area contributed by atoms with Crippen molar-refractivity contribution in [2.45, 2.75) is 13.2 Å². The summed E-state index contributed by atoms with van der Waals surface area (Å²) in [6.07, 6.45) is 1.49. The molecule has 166 valence electrons. The van der Waals surface area contributed by atoms with Gasteiger partial charge in [0, 0.05) is 33.8 Å². The zero-order valence-corrected chi connectivity index (χ0v) is 18.7. The summed E-state index contributed by atoms with van der Waals surface area (Å²) in [5, 5.41) is 11.0. The number of carbonyl (C=O) groups excluding carboxylic acids is 1. The first-order valence-corrected chi connectivity index (χ1v) is 10.7. The van der Waals surface area contributed by atoms with Gasteiger partial charge in [0.2, 0.25) is 5.78 Å². The van der Waals surface area contributed by atoms with E-state index in [2.05, 4.69) is 15.9 Å². The molecule has 0 aromatic heterocycles. The molecule has 0 saturated heterocycles.